The lowest BCUT2D eigenvalue weighted by molar-refractivity contribution is -0.206. The van der Waals surface area contributed by atoms with Crippen LogP contribution < -0.4 is 5.73 Å². The van der Waals surface area contributed by atoms with Crippen LogP contribution in [-0.2, 0) is 23.9 Å². The molecule has 2 rings (SSSR count). The number of hydrogen-bond acceptors (Lipinski definition) is 6. The first-order valence-corrected chi connectivity index (χ1v) is 10.2. The van der Waals surface area contributed by atoms with E-state index in [-0.39, 0.29) is 11.8 Å². The molecule has 7 heteroatoms. The number of carbonyl (C=O) groups excluding carboxylic acids is 2. The number of ether oxygens (including phenoxy) is 2. The fourth-order valence-corrected chi connectivity index (χ4v) is 4.13. The number of nitrogens with two attached hydrogens (primary N) is 1. The van der Waals surface area contributed by atoms with Gasteiger partial charge in [-0.15, -0.1) is 0 Å². The van der Waals surface area contributed by atoms with Gasteiger partial charge in [-0.05, 0) is 25.7 Å². The van der Waals surface area contributed by atoms with Crippen molar-refractivity contribution < 1.29 is 29.0 Å². The number of rotatable bonds is 7. The highest BCUT2D eigenvalue weighted by Crippen LogP contribution is 2.40. The lowest BCUT2D eigenvalue weighted by atomic mass is 9.69. The Labute approximate surface area is 161 Å². The van der Waals surface area contributed by atoms with E-state index in [1.165, 1.54) is 0 Å². The maximum Gasteiger partial charge on any atom is 0.327 e. The van der Waals surface area contributed by atoms with E-state index in [4.69, 9.17) is 15.2 Å². The third kappa shape index (κ3) is 5.21. The molecule has 0 aliphatic heterocycles. The molecular formula is C20H33NO6. The number of hydrogen-bond donors (Lipinski definition) is 2. The van der Waals surface area contributed by atoms with E-state index in [1.807, 2.05) is 0 Å². The second kappa shape index (κ2) is 9.53. The van der Waals surface area contributed by atoms with E-state index in [1.54, 1.807) is 13.8 Å². The van der Waals surface area contributed by atoms with E-state index in [0.29, 0.717) is 12.8 Å². The van der Waals surface area contributed by atoms with Crippen LogP contribution in [-0.4, -0.2) is 35.3 Å². The van der Waals surface area contributed by atoms with Crippen molar-refractivity contribution >= 4 is 17.9 Å². The highest BCUT2D eigenvalue weighted by molar-refractivity contribution is 5.87. The molecular weight excluding hydrogens is 350 g/mol. The summed E-state index contributed by atoms with van der Waals surface area (Å²) >= 11 is 0. The summed E-state index contributed by atoms with van der Waals surface area (Å²) in [6, 6.07) is -1.26. The van der Waals surface area contributed by atoms with Crippen molar-refractivity contribution in [2.24, 2.45) is 23.0 Å². The van der Waals surface area contributed by atoms with Gasteiger partial charge in [0.2, 0.25) is 6.29 Å². The molecule has 27 heavy (non-hydrogen) atoms. The quantitative estimate of drug-likeness (QED) is 0.513. The average molecular weight is 383 g/mol. The van der Waals surface area contributed by atoms with Gasteiger partial charge in [-0.3, -0.25) is 14.4 Å². The van der Waals surface area contributed by atoms with Gasteiger partial charge < -0.3 is 20.3 Å². The molecule has 0 bridgehead atoms. The van der Waals surface area contributed by atoms with Gasteiger partial charge in [0.15, 0.2) is 0 Å². The molecule has 2 aliphatic rings. The Hall–Kier alpha value is -1.63. The molecule has 0 amide bonds. The van der Waals surface area contributed by atoms with Crippen LogP contribution in [0.25, 0.3) is 0 Å². The summed E-state index contributed by atoms with van der Waals surface area (Å²) in [6.07, 6.45) is 6.82. The first kappa shape index (κ1) is 21.7. The standard InChI is InChI=1S/C20H33NO6/c1-13(2)16(22)26-18(14-9-5-3-6-10-14)27-17(23)15(21)20(19(24)25)11-7-4-8-12-20/h13-15,18H,3-12,21H2,1-2H3,(H,24,25). The van der Waals surface area contributed by atoms with Gasteiger partial charge in [-0.2, -0.15) is 0 Å². The Bertz CT molecular complexity index is 535. The number of aliphatic carboxylic acids is 1. The monoisotopic (exact) mass is 383 g/mol. The van der Waals surface area contributed by atoms with E-state index in [9.17, 15) is 19.5 Å². The molecule has 2 fully saturated rings. The zero-order valence-corrected chi connectivity index (χ0v) is 16.4. The predicted molar refractivity (Wildman–Crippen MR) is 98.5 cm³/mol. The molecule has 0 aromatic heterocycles. The minimum atomic E-state index is -1.30. The van der Waals surface area contributed by atoms with Crippen molar-refractivity contribution in [3.63, 3.8) is 0 Å². The lowest BCUT2D eigenvalue weighted by Gasteiger charge is -2.38. The molecule has 0 saturated heterocycles. The number of carbonyl (C=O) groups is 3. The SMILES string of the molecule is CC(C)C(=O)OC(OC(=O)C(N)C1(C(=O)O)CCCCC1)C1CCCCC1. The highest BCUT2D eigenvalue weighted by Gasteiger charge is 2.49. The summed E-state index contributed by atoms with van der Waals surface area (Å²) in [5.41, 5.74) is 4.80. The van der Waals surface area contributed by atoms with Gasteiger partial charge in [0.1, 0.15) is 6.04 Å². The highest BCUT2D eigenvalue weighted by atomic mass is 16.7. The summed E-state index contributed by atoms with van der Waals surface area (Å²) in [5, 5.41) is 9.74. The molecule has 2 unspecified atom stereocenters. The molecule has 0 radical (unpaired) electrons. The predicted octanol–water partition coefficient (Wildman–Crippen LogP) is 3.00. The zero-order chi connectivity index (χ0) is 20.0. The molecule has 2 atom stereocenters. The maximum atomic E-state index is 12.8. The second-order valence-electron chi connectivity index (χ2n) is 8.29. The van der Waals surface area contributed by atoms with E-state index in [2.05, 4.69) is 0 Å². The summed E-state index contributed by atoms with van der Waals surface area (Å²) in [4.78, 5) is 36.7. The first-order valence-electron chi connectivity index (χ1n) is 10.2. The number of carboxylic acid groups (broad SMARTS) is 1. The minimum absolute atomic E-state index is 0.0651. The maximum absolute atomic E-state index is 12.8. The van der Waals surface area contributed by atoms with Crippen LogP contribution in [0.4, 0.5) is 0 Å². The van der Waals surface area contributed by atoms with Crippen LogP contribution in [0.1, 0.15) is 78.1 Å². The first-order chi connectivity index (χ1) is 12.8. The van der Waals surface area contributed by atoms with Crippen molar-refractivity contribution in [3.8, 4) is 0 Å². The summed E-state index contributed by atoms with van der Waals surface area (Å²) < 4.78 is 11.0. The molecule has 0 aromatic rings. The Balaban J connectivity index is 2.12. The number of carboxylic acids is 1. The van der Waals surface area contributed by atoms with Crippen LogP contribution in [0.15, 0.2) is 0 Å². The van der Waals surface area contributed by atoms with Gasteiger partial charge in [-0.25, -0.2) is 0 Å². The molecule has 2 saturated carbocycles. The molecule has 0 heterocycles. The summed E-state index contributed by atoms with van der Waals surface area (Å²) in [5.74, 6) is -2.68. The largest absolute Gasteiger partial charge is 0.481 e. The van der Waals surface area contributed by atoms with Gasteiger partial charge >= 0.3 is 17.9 Å². The minimum Gasteiger partial charge on any atom is -0.481 e. The molecule has 3 N–H and O–H groups in total. The van der Waals surface area contributed by atoms with E-state index < -0.39 is 35.7 Å². The van der Waals surface area contributed by atoms with Crippen molar-refractivity contribution in [2.75, 3.05) is 0 Å². The fourth-order valence-electron chi connectivity index (χ4n) is 4.13. The number of esters is 2. The van der Waals surface area contributed by atoms with Crippen LogP contribution >= 0.6 is 0 Å². The Kier molecular flexibility index (Phi) is 7.65. The molecule has 2 aliphatic carbocycles. The van der Waals surface area contributed by atoms with E-state index in [0.717, 1.165) is 51.4 Å². The van der Waals surface area contributed by atoms with Crippen LogP contribution in [0.2, 0.25) is 0 Å². The van der Waals surface area contributed by atoms with Crippen molar-refractivity contribution in [2.45, 2.75) is 90.4 Å². The van der Waals surface area contributed by atoms with Gasteiger partial charge in [0, 0.05) is 5.92 Å². The fraction of sp³-hybridized carbons (Fsp3) is 0.850. The van der Waals surface area contributed by atoms with Crippen molar-refractivity contribution in [3.05, 3.63) is 0 Å². The molecule has 0 aromatic carbocycles. The Morgan fingerprint density at radius 1 is 0.926 bits per heavy atom. The molecule has 7 nitrogen and oxygen atoms in total. The van der Waals surface area contributed by atoms with E-state index >= 15 is 0 Å². The Morgan fingerprint density at radius 2 is 1.44 bits per heavy atom. The third-order valence-electron chi connectivity index (χ3n) is 5.99. The summed E-state index contributed by atoms with van der Waals surface area (Å²) in [6.45, 7) is 3.44. The van der Waals surface area contributed by atoms with Gasteiger partial charge in [-0.1, -0.05) is 52.4 Å². The summed E-state index contributed by atoms with van der Waals surface area (Å²) in [7, 11) is 0. The van der Waals surface area contributed by atoms with Crippen LogP contribution in [0, 0.1) is 17.3 Å². The van der Waals surface area contributed by atoms with Crippen molar-refractivity contribution in [1.29, 1.82) is 0 Å². The zero-order valence-electron chi connectivity index (χ0n) is 16.4. The van der Waals surface area contributed by atoms with Crippen LogP contribution in [0.3, 0.4) is 0 Å². The third-order valence-corrected chi connectivity index (χ3v) is 5.99. The molecule has 154 valence electrons. The van der Waals surface area contributed by atoms with Gasteiger partial charge in [0.05, 0.1) is 11.3 Å². The average Bonchev–Trinajstić information content (AvgIpc) is 2.67. The molecule has 0 spiro atoms. The smallest absolute Gasteiger partial charge is 0.327 e. The Morgan fingerprint density at radius 3 is 1.96 bits per heavy atom. The second-order valence-corrected chi connectivity index (χ2v) is 8.29. The van der Waals surface area contributed by atoms with Crippen molar-refractivity contribution in [1.82, 2.24) is 0 Å². The normalized spacial score (nSPS) is 22.7. The topological polar surface area (TPSA) is 116 Å². The lowest BCUT2D eigenvalue weighted by Crippen LogP contribution is -2.54. The van der Waals surface area contributed by atoms with Crippen LogP contribution in [0.5, 0.6) is 0 Å². The van der Waals surface area contributed by atoms with Gasteiger partial charge in [0.25, 0.3) is 0 Å².